The number of benzene rings is 1. The normalized spacial score (nSPS) is 13.4. The van der Waals surface area contributed by atoms with Crippen LogP contribution in [0.1, 0.15) is 40.0 Å². The first-order valence-corrected chi connectivity index (χ1v) is 9.00. The van der Waals surface area contributed by atoms with E-state index in [4.69, 9.17) is 0 Å². The molecule has 0 aliphatic heterocycles. The molecule has 0 saturated carbocycles. The van der Waals surface area contributed by atoms with Gasteiger partial charge in [0.2, 0.25) is 5.91 Å². The van der Waals surface area contributed by atoms with E-state index in [1.165, 1.54) is 0 Å². The first kappa shape index (κ1) is 19.7. The van der Waals surface area contributed by atoms with E-state index in [0.29, 0.717) is 18.2 Å². The Kier molecular flexibility index (Phi) is 6.95. The molecule has 6 nitrogen and oxygen atoms in total. The molecule has 140 valence electrons. The van der Waals surface area contributed by atoms with Gasteiger partial charge in [-0.1, -0.05) is 45.4 Å². The molecular weight excluding hydrogens is 330 g/mol. The molecule has 26 heavy (non-hydrogen) atoms. The van der Waals surface area contributed by atoms with Crippen LogP contribution in [-0.2, 0) is 9.59 Å². The van der Waals surface area contributed by atoms with Crippen LogP contribution in [0.4, 0.5) is 5.82 Å². The largest absolute Gasteiger partial charge is 0.481 e. The predicted octanol–water partition coefficient (Wildman–Crippen LogP) is 3.97. The lowest BCUT2D eigenvalue weighted by Crippen LogP contribution is -2.26. The number of anilines is 1. The molecule has 0 spiro atoms. The van der Waals surface area contributed by atoms with Crippen LogP contribution >= 0.6 is 0 Å². The quantitative estimate of drug-likeness (QED) is 0.711. The number of rotatable bonds is 9. The number of nitrogens with one attached hydrogen (secondary N) is 1. The Morgan fingerprint density at radius 1 is 1.12 bits per heavy atom. The molecule has 1 amide bonds. The summed E-state index contributed by atoms with van der Waals surface area (Å²) in [6.45, 7) is 5.96. The summed E-state index contributed by atoms with van der Waals surface area (Å²) in [4.78, 5) is 23.8. The van der Waals surface area contributed by atoms with Crippen LogP contribution in [0.2, 0.25) is 0 Å². The topological polar surface area (TPSA) is 84.2 Å². The maximum atomic E-state index is 12.3. The Balaban J connectivity index is 1.93. The van der Waals surface area contributed by atoms with Crippen molar-refractivity contribution in [3.63, 3.8) is 0 Å². The van der Waals surface area contributed by atoms with Gasteiger partial charge in [-0.05, 0) is 30.4 Å². The molecule has 2 N–H and O–H groups in total. The maximum absolute atomic E-state index is 12.3. The van der Waals surface area contributed by atoms with E-state index in [1.54, 1.807) is 16.9 Å². The number of hydrogen-bond acceptors (Lipinski definition) is 3. The lowest BCUT2D eigenvalue weighted by molar-refractivity contribution is -0.144. The molecule has 0 bridgehead atoms. The third kappa shape index (κ3) is 5.72. The standard InChI is InChI=1S/C20H27N3O3/c1-14(2)9-10-17(20(25)26)15(3)13-19(24)21-18-11-12-23(22-18)16-7-5-4-6-8-16/h4-8,11-12,14-15,17H,9-10,13H2,1-3H3,(H,25,26)(H,21,22,24)/t15-,17-/m0/s1. The van der Waals surface area contributed by atoms with Crippen LogP contribution in [0.15, 0.2) is 42.6 Å². The second kappa shape index (κ2) is 9.17. The molecule has 2 rings (SSSR count). The van der Waals surface area contributed by atoms with Gasteiger partial charge in [0.1, 0.15) is 0 Å². The monoisotopic (exact) mass is 357 g/mol. The van der Waals surface area contributed by atoms with Crippen molar-refractivity contribution in [1.82, 2.24) is 9.78 Å². The van der Waals surface area contributed by atoms with Gasteiger partial charge >= 0.3 is 5.97 Å². The Hall–Kier alpha value is -2.63. The summed E-state index contributed by atoms with van der Waals surface area (Å²) in [6, 6.07) is 11.3. The zero-order valence-corrected chi connectivity index (χ0v) is 15.6. The van der Waals surface area contributed by atoms with Gasteiger partial charge in [-0.3, -0.25) is 9.59 Å². The van der Waals surface area contributed by atoms with Crippen molar-refractivity contribution in [2.45, 2.75) is 40.0 Å². The molecule has 6 heteroatoms. The molecule has 1 aromatic carbocycles. The van der Waals surface area contributed by atoms with Crippen molar-refractivity contribution in [2.75, 3.05) is 5.32 Å². The van der Waals surface area contributed by atoms with E-state index >= 15 is 0 Å². The first-order chi connectivity index (χ1) is 12.4. The van der Waals surface area contributed by atoms with Gasteiger partial charge < -0.3 is 10.4 Å². The number of aliphatic carboxylic acids is 1. The van der Waals surface area contributed by atoms with E-state index in [9.17, 15) is 14.7 Å². The number of carbonyl (C=O) groups excluding carboxylic acids is 1. The zero-order chi connectivity index (χ0) is 19.1. The van der Waals surface area contributed by atoms with Gasteiger partial charge in [0.25, 0.3) is 0 Å². The van der Waals surface area contributed by atoms with Crippen molar-refractivity contribution in [3.05, 3.63) is 42.6 Å². The van der Waals surface area contributed by atoms with Crippen LogP contribution in [0.5, 0.6) is 0 Å². The lowest BCUT2D eigenvalue weighted by Gasteiger charge is -2.20. The van der Waals surface area contributed by atoms with E-state index in [-0.39, 0.29) is 18.2 Å². The molecular formula is C20H27N3O3. The SMILES string of the molecule is CC(C)CC[C@H](C(=O)O)[C@@H](C)CC(=O)Nc1ccn(-c2ccccc2)n1. The first-order valence-electron chi connectivity index (χ1n) is 9.00. The molecule has 1 aromatic heterocycles. The fourth-order valence-electron chi connectivity index (χ4n) is 2.91. The Labute approximate surface area is 154 Å². The minimum absolute atomic E-state index is 0.160. The minimum atomic E-state index is -0.834. The summed E-state index contributed by atoms with van der Waals surface area (Å²) >= 11 is 0. The summed E-state index contributed by atoms with van der Waals surface area (Å²) in [5.74, 6) is -0.890. The lowest BCUT2D eigenvalue weighted by atomic mass is 9.85. The number of carboxylic acids is 1. The second-order valence-electron chi connectivity index (χ2n) is 7.13. The Morgan fingerprint density at radius 2 is 1.81 bits per heavy atom. The molecule has 0 aliphatic rings. The highest BCUT2D eigenvalue weighted by atomic mass is 16.4. The van der Waals surface area contributed by atoms with Gasteiger partial charge in [0.05, 0.1) is 11.6 Å². The fourth-order valence-corrected chi connectivity index (χ4v) is 2.91. The average molecular weight is 357 g/mol. The number of nitrogens with zero attached hydrogens (tertiary/aromatic N) is 2. The summed E-state index contributed by atoms with van der Waals surface area (Å²) in [7, 11) is 0. The molecule has 2 atom stereocenters. The van der Waals surface area contributed by atoms with Crippen molar-refractivity contribution >= 4 is 17.7 Å². The highest BCUT2D eigenvalue weighted by Gasteiger charge is 2.26. The summed E-state index contributed by atoms with van der Waals surface area (Å²) in [5, 5.41) is 16.5. The number of hydrogen-bond donors (Lipinski definition) is 2. The molecule has 2 aromatic rings. The Bertz CT molecular complexity index is 725. The van der Waals surface area contributed by atoms with Crippen LogP contribution in [0.3, 0.4) is 0 Å². The Morgan fingerprint density at radius 3 is 2.42 bits per heavy atom. The van der Waals surface area contributed by atoms with Gasteiger partial charge in [0, 0.05) is 18.7 Å². The third-order valence-electron chi connectivity index (χ3n) is 4.44. The minimum Gasteiger partial charge on any atom is -0.481 e. The molecule has 0 fully saturated rings. The van der Waals surface area contributed by atoms with Crippen molar-refractivity contribution in [1.29, 1.82) is 0 Å². The van der Waals surface area contributed by atoms with E-state index in [2.05, 4.69) is 24.3 Å². The van der Waals surface area contributed by atoms with E-state index in [1.807, 2.05) is 37.3 Å². The van der Waals surface area contributed by atoms with Crippen molar-refractivity contribution < 1.29 is 14.7 Å². The van der Waals surface area contributed by atoms with Crippen LogP contribution in [0.25, 0.3) is 5.69 Å². The van der Waals surface area contributed by atoms with E-state index < -0.39 is 11.9 Å². The summed E-state index contributed by atoms with van der Waals surface area (Å²) in [5.41, 5.74) is 0.904. The zero-order valence-electron chi connectivity index (χ0n) is 15.6. The van der Waals surface area contributed by atoms with Gasteiger partial charge in [-0.15, -0.1) is 0 Å². The van der Waals surface area contributed by atoms with E-state index in [0.717, 1.165) is 12.1 Å². The van der Waals surface area contributed by atoms with Crippen LogP contribution in [-0.4, -0.2) is 26.8 Å². The fraction of sp³-hybridized carbons (Fsp3) is 0.450. The molecule has 0 aliphatic carbocycles. The van der Waals surface area contributed by atoms with Crippen LogP contribution < -0.4 is 5.32 Å². The molecule has 0 radical (unpaired) electrons. The maximum Gasteiger partial charge on any atom is 0.306 e. The number of carbonyl (C=O) groups is 2. The smallest absolute Gasteiger partial charge is 0.306 e. The molecule has 1 heterocycles. The molecule has 0 unspecified atom stereocenters. The highest BCUT2D eigenvalue weighted by molar-refractivity contribution is 5.90. The summed E-state index contributed by atoms with van der Waals surface area (Å²) in [6.07, 6.45) is 3.36. The highest BCUT2D eigenvalue weighted by Crippen LogP contribution is 2.24. The average Bonchev–Trinajstić information content (AvgIpc) is 3.03. The third-order valence-corrected chi connectivity index (χ3v) is 4.44. The second-order valence-corrected chi connectivity index (χ2v) is 7.13. The number of aromatic nitrogens is 2. The number of para-hydroxylation sites is 1. The predicted molar refractivity (Wildman–Crippen MR) is 101 cm³/mol. The van der Waals surface area contributed by atoms with Gasteiger partial charge in [-0.25, -0.2) is 4.68 Å². The number of amides is 1. The van der Waals surface area contributed by atoms with Gasteiger partial charge in [0.15, 0.2) is 5.82 Å². The number of carboxylic acid groups (broad SMARTS) is 1. The van der Waals surface area contributed by atoms with Crippen LogP contribution in [0, 0.1) is 17.8 Å². The van der Waals surface area contributed by atoms with Gasteiger partial charge in [-0.2, -0.15) is 5.10 Å². The van der Waals surface area contributed by atoms with Crippen molar-refractivity contribution in [3.8, 4) is 5.69 Å². The molecule has 0 saturated heterocycles. The van der Waals surface area contributed by atoms with Crippen molar-refractivity contribution in [2.24, 2.45) is 17.8 Å². The summed E-state index contributed by atoms with van der Waals surface area (Å²) < 4.78 is 1.68.